The number of methoxy groups -OCH3 is 1. The summed E-state index contributed by atoms with van der Waals surface area (Å²) in [6.45, 7) is 0.147. The van der Waals surface area contributed by atoms with Crippen LogP contribution in [0.3, 0.4) is 0 Å². The normalized spacial score (nSPS) is 20.2. The Morgan fingerprint density at radius 1 is 1.21 bits per heavy atom. The molecule has 24 heavy (non-hydrogen) atoms. The fourth-order valence-corrected chi connectivity index (χ4v) is 3.00. The van der Waals surface area contributed by atoms with Crippen molar-refractivity contribution >= 4 is 5.91 Å². The summed E-state index contributed by atoms with van der Waals surface area (Å²) in [4.78, 5) is 14.2. The predicted molar refractivity (Wildman–Crippen MR) is 83.8 cm³/mol. The SMILES string of the molecule is COc1ccc(C(=O)N2C[C@H](O)C[C@H]2c2ccc(F)cc2)cc1F. The molecule has 0 aliphatic carbocycles. The lowest BCUT2D eigenvalue weighted by atomic mass is 10.0. The van der Waals surface area contributed by atoms with Gasteiger partial charge in [0.05, 0.1) is 19.3 Å². The van der Waals surface area contributed by atoms with E-state index in [1.54, 1.807) is 12.1 Å². The number of halogens is 2. The largest absolute Gasteiger partial charge is 0.494 e. The highest BCUT2D eigenvalue weighted by Crippen LogP contribution is 2.34. The molecular weight excluding hydrogens is 316 g/mol. The van der Waals surface area contributed by atoms with Crippen molar-refractivity contribution < 1.29 is 23.4 Å². The third-order valence-corrected chi connectivity index (χ3v) is 4.19. The Bertz CT molecular complexity index is 748. The van der Waals surface area contributed by atoms with Gasteiger partial charge in [-0.25, -0.2) is 8.78 Å². The van der Waals surface area contributed by atoms with Crippen LogP contribution in [0.15, 0.2) is 42.5 Å². The monoisotopic (exact) mass is 333 g/mol. The van der Waals surface area contributed by atoms with Gasteiger partial charge in [-0.15, -0.1) is 0 Å². The third-order valence-electron chi connectivity index (χ3n) is 4.19. The van der Waals surface area contributed by atoms with Crippen LogP contribution in [0.25, 0.3) is 0 Å². The molecule has 1 aliphatic heterocycles. The lowest BCUT2D eigenvalue weighted by molar-refractivity contribution is 0.0715. The summed E-state index contributed by atoms with van der Waals surface area (Å²) >= 11 is 0. The molecule has 1 N–H and O–H groups in total. The number of carbonyl (C=O) groups is 1. The third kappa shape index (κ3) is 3.10. The van der Waals surface area contributed by atoms with Crippen molar-refractivity contribution in [1.29, 1.82) is 0 Å². The van der Waals surface area contributed by atoms with Gasteiger partial charge in [-0.1, -0.05) is 12.1 Å². The van der Waals surface area contributed by atoms with E-state index in [2.05, 4.69) is 0 Å². The zero-order valence-electron chi connectivity index (χ0n) is 13.1. The van der Waals surface area contributed by atoms with Crippen LogP contribution in [0.2, 0.25) is 0 Å². The van der Waals surface area contributed by atoms with E-state index in [1.807, 2.05) is 0 Å². The number of likely N-dealkylation sites (tertiary alicyclic amines) is 1. The minimum absolute atomic E-state index is 0.0584. The second-order valence-electron chi connectivity index (χ2n) is 5.76. The van der Waals surface area contributed by atoms with Crippen LogP contribution in [0.1, 0.15) is 28.4 Å². The first-order valence-corrected chi connectivity index (χ1v) is 7.57. The molecule has 0 aromatic heterocycles. The average molecular weight is 333 g/mol. The first-order valence-electron chi connectivity index (χ1n) is 7.57. The second kappa shape index (κ2) is 6.57. The highest BCUT2D eigenvalue weighted by Gasteiger charge is 2.35. The van der Waals surface area contributed by atoms with Gasteiger partial charge < -0.3 is 14.7 Å². The Morgan fingerprint density at radius 3 is 2.54 bits per heavy atom. The molecule has 0 spiro atoms. The van der Waals surface area contributed by atoms with E-state index in [9.17, 15) is 18.7 Å². The molecule has 1 fully saturated rings. The molecule has 0 unspecified atom stereocenters. The first-order chi connectivity index (χ1) is 11.5. The van der Waals surface area contributed by atoms with Crippen molar-refractivity contribution in [3.8, 4) is 5.75 Å². The molecule has 0 bridgehead atoms. The average Bonchev–Trinajstić information content (AvgIpc) is 2.96. The molecule has 6 heteroatoms. The number of rotatable bonds is 3. The van der Waals surface area contributed by atoms with Gasteiger partial charge in [0.15, 0.2) is 11.6 Å². The molecular formula is C18H17F2NO3. The van der Waals surface area contributed by atoms with Crippen LogP contribution < -0.4 is 4.74 Å². The molecule has 0 saturated carbocycles. The molecule has 2 aromatic rings. The van der Waals surface area contributed by atoms with Gasteiger partial charge in [0, 0.05) is 12.1 Å². The Balaban J connectivity index is 1.89. The van der Waals surface area contributed by atoms with E-state index in [4.69, 9.17) is 4.74 Å². The van der Waals surface area contributed by atoms with Gasteiger partial charge in [-0.2, -0.15) is 0 Å². The maximum absolute atomic E-state index is 13.9. The van der Waals surface area contributed by atoms with Crippen LogP contribution in [0.5, 0.6) is 5.75 Å². The number of benzene rings is 2. The van der Waals surface area contributed by atoms with Gasteiger partial charge in [0.25, 0.3) is 5.91 Å². The summed E-state index contributed by atoms with van der Waals surface area (Å²) in [6.07, 6.45) is -0.317. The van der Waals surface area contributed by atoms with Gasteiger partial charge >= 0.3 is 0 Å². The molecule has 1 amide bonds. The molecule has 1 aliphatic rings. The Kier molecular flexibility index (Phi) is 4.49. The van der Waals surface area contributed by atoms with Crippen molar-refractivity contribution in [2.75, 3.05) is 13.7 Å². The van der Waals surface area contributed by atoms with Crippen LogP contribution in [-0.2, 0) is 0 Å². The number of amides is 1. The fourth-order valence-electron chi connectivity index (χ4n) is 3.00. The summed E-state index contributed by atoms with van der Waals surface area (Å²) in [7, 11) is 1.35. The van der Waals surface area contributed by atoms with E-state index in [0.717, 1.165) is 11.6 Å². The summed E-state index contributed by atoms with van der Waals surface area (Å²) < 4.78 is 31.8. The van der Waals surface area contributed by atoms with E-state index in [1.165, 1.54) is 36.3 Å². The van der Waals surface area contributed by atoms with E-state index < -0.39 is 11.9 Å². The van der Waals surface area contributed by atoms with Gasteiger partial charge in [-0.3, -0.25) is 4.79 Å². The predicted octanol–water partition coefficient (Wildman–Crippen LogP) is 2.92. The van der Waals surface area contributed by atoms with Crippen LogP contribution >= 0.6 is 0 Å². The van der Waals surface area contributed by atoms with Crippen molar-refractivity contribution in [1.82, 2.24) is 4.90 Å². The van der Waals surface area contributed by atoms with Crippen molar-refractivity contribution in [3.05, 3.63) is 65.2 Å². The van der Waals surface area contributed by atoms with Crippen LogP contribution in [0, 0.1) is 11.6 Å². The lowest BCUT2D eigenvalue weighted by Crippen LogP contribution is -2.31. The van der Waals surface area contributed by atoms with Gasteiger partial charge in [0.1, 0.15) is 5.82 Å². The molecule has 1 heterocycles. The van der Waals surface area contributed by atoms with E-state index in [0.29, 0.717) is 6.42 Å². The topological polar surface area (TPSA) is 49.8 Å². The summed E-state index contributed by atoms with van der Waals surface area (Å²) in [5.41, 5.74) is 0.907. The zero-order chi connectivity index (χ0) is 17.3. The minimum atomic E-state index is -0.674. The number of hydrogen-bond acceptors (Lipinski definition) is 3. The van der Waals surface area contributed by atoms with Crippen molar-refractivity contribution in [3.63, 3.8) is 0 Å². The van der Waals surface area contributed by atoms with Crippen LogP contribution in [-0.4, -0.2) is 35.7 Å². The Morgan fingerprint density at radius 2 is 1.92 bits per heavy atom. The van der Waals surface area contributed by atoms with Gasteiger partial charge in [-0.05, 0) is 42.3 Å². The standard InChI is InChI=1S/C18H17F2NO3/c1-24-17-7-4-12(8-15(17)20)18(23)21-10-14(22)9-16(21)11-2-5-13(19)6-3-11/h2-8,14,16,22H,9-10H2,1H3/t14-,16+/m1/s1. The Hall–Kier alpha value is -2.47. The van der Waals surface area contributed by atoms with E-state index >= 15 is 0 Å². The highest BCUT2D eigenvalue weighted by molar-refractivity contribution is 5.95. The van der Waals surface area contributed by atoms with E-state index in [-0.39, 0.29) is 35.6 Å². The number of aliphatic hydroxyl groups is 1. The molecule has 1 saturated heterocycles. The molecule has 3 rings (SSSR count). The number of hydrogen-bond donors (Lipinski definition) is 1. The zero-order valence-corrected chi connectivity index (χ0v) is 13.1. The summed E-state index contributed by atoms with van der Waals surface area (Å²) in [5, 5.41) is 9.96. The quantitative estimate of drug-likeness (QED) is 0.940. The maximum Gasteiger partial charge on any atom is 0.254 e. The summed E-state index contributed by atoms with van der Waals surface area (Å²) in [5.74, 6) is -1.32. The minimum Gasteiger partial charge on any atom is -0.494 e. The van der Waals surface area contributed by atoms with Gasteiger partial charge in [0.2, 0.25) is 0 Å². The maximum atomic E-state index is 13.9. The number of carbonyl (C=O) groups excluding carboxylic acids is 1. The lowest BCUT2D eigenvalue weighted by Gasteiger charge is -2.25. The molecule has 126 valence electrons. The number of β-amino-alcohol motifs (C(OH)–C–C–N with tert-alkyl or cyclic N) is 1. The van der Waals surface area contributed by atoms with Crippen molar-refractivity contribution in [2.24, 2.45) is 0 Å². The smallest absolute Gasteiger partial charge is 0.254 e. The molecule has 4 nitrogen and oxygen atoms in total. The highest BCUT2D eigenvalue weighted by atomic mass is 19.1. The molecule has 2 atom stereocenters. The molecule has 2 aromatic carbocycles. The van der Waals surface area contributed by atoms with Crippen molar-refractivity contribution in [2.45, 2.75) is 18.6 Å². The first kappa shape index (κ1) is 16.4. The number of ether oxygens (including phenoxy) is 1. The number of aliphatic hydroxyl groups excluding tert-OH is 1. The summed E-state index contributed by atoms with van der Waals surface area (Å²) in [6, 6.07) is 9.43. The second-order valence-corrected chi connectivity index (χ2v) is 5.76. The number of nitrogens with zero attached hydrogens (tertiary/aromatic N) is 1. The van der Waals surface area contributed by atoms with Crippen LogP contribution in [0.4, 0.5) is 8.78 Å². The fraction of sp³-hybridized carbons (Fsp3) is 0.278. The molecule has 0 radical (unpaired) electrons. The Labute approximate surface area is 138 Å².